The predicted molar refractivity (Wildman–Crippen MR) is 64.1 cm³/mol. The van der Waals surface area contributed by atoms with Crippen molar-refractivity contribution in [2.24, 2.45) is 0 Å². The number of methoxy groups -OCH3 is 1. The molecule has 5 nitrogen and oxygen atoms in total. The van der Waals surface area contributed by atoms with Crippen molar-refractivity contribution in [2.45, 2.75) is 25.3 Å². The second kappa shape index (κ2) is 5.15. The zero-order valence-electron chi connectivity index (χ0n) is 9.55. The third kappa shape index (κ3) is 2.74. The van der Waals surface area contributed by atoms with Crippen LogP contribution in [0.25, 0.3) is 0 Å². The Labute approximate surface area is 104 Å². The smallest absolute Gasteiger partial charge is 0.349 e. The summed E-state index contributed by atoms with van der Waals surface area (Å²) in [4.78, 5) is 18.2. The van der Waals surface area contributed by atoms with E-state index >= 15 is 0 Å². The maximum Gasteiger partial charge on any atom is 0.349 e. The number of carbonyl (C=O) groups excluding carboxylic acids is 1. The number of aromatic nitrogens is 1. The molecule has 0 radical (unpaired) electrons. The first-order valence-electron chi connectivity index (χ1n) is 5.44. The van der Waals surface area contributed by atoms with Gasteiger partial charge in [-0.25, -0.2) is 9.78 Å². The third-order valence-corrected chi connectivity index (χ3v) is 3.59. The largest absolute Gasteiger partial charge is 0.465 e. The van der Waals surface area contributed by atoms with E-state index in [1.54, 1.807) is 0 Å². The fourth-order valence-corrected chi connectivity index (χ4v) is 2.52. The standard InChI is InChI=1S/C11H13N3O2S/c1-16-10(15)9-7-13-11(17-9)14(6-2-5-12)8-3-4-8/h7-8H,2-4,6H2,1H3. The van der Waals surface area contributed by atoms with Gasteiger partial charge in [-0.05, 0) is 12.8 Å². The summed E-state index contributed by atoms with van der Waals surface area (Å²) in [6.07, 6.45) is 4.29. The first kappa shape index (κ1) is 11.9. The molecule has 0 bridgehead atoms. The average Bonchev–Trinajstić information content (AvgIpc) is 3.06. The molecule has 0 spiro atoms. The second-order valence-corrected chi connectivity index (χ2v) is 4.84. The number of hydrogen-bond acceptors (Lipinski definition) is 6. The van der Waals surface area contributed by atoms with Gasteiger partial charge in [0.1, 0.15) is 4.88 Å². The minimum atomic E-state index is -0.357. The van der Waals surface area contributed by atoms with Gasteiger partial charge in [-0.1, -0.05) is 11.3 Å². The zero-order chi connectivity index (χ0) is 12.3. The number of nitriles is 1. The van der Waals surface area contributed by atoms with Gasteiger partial charge in [0.2, 0.25) is 0 Å². The first-order valence-corrected chi connectivity index (χ1v) is 6.25. The lowest BCUT2D eigenvalue weighted by atomic mass is 10.4. The summed E-state index contributed by atoms with van der Waals surface area (Å²) >= 11 is 1.32. The van der Waals surface area contributed by atoms with Crippen LogP contribution in [0.1, 0.15) is 28.9 Å². The lowest BCUT2D eigenvalue weighted by molar-refractivity contribution is 0.0606. The maximum atomic E-state index is 11.3. The molecular weight excluding hydrogens is 238 g/mol. The highest BCUT2D eigenvalue weighted by molar-refractivity contribution is 7.17. The van der Waals surface area contributed by atoms with Crippen molar-refractivity contribution >= 4 is 22.4 Å². The zero-order valence-corrected chi connectivity index (χ0v) is 10.4. The van der Waals surface area contributed by atoms with Gasteiger partial charge in [0, 0.05) is 12.6 Å². The van der Waals surface area contributed by atoms with Gasteiger partial charge >= 0.3 is 5.97 Å². The molecule has 1 aliphatic carbocycles. The quantitative estimate of drug-likeness (QED) is 0.747. The fraction of sp³-hybridized carbons (Fsp3) is 0.545. The van der Waals surface area contributed by atoms with E-state index in [1.165, 1.54) is 24.6 Å². The van der Waals surface area contributed by atoms with Crippen LogP contribution in [0.4, 0.5) is 5.13 Å². The molecule has 0 amide bonds. The van der Waals surface area contributed by atoms with Gasteiger partial charge in [0.25, 0.3) is 0 Å². The molecule has 90 valence electrons. The van der Waals surface area contributed by atoms with Crippen LogP contribution in [-0.4, -0.2) is 30.6 Å². The Hall–Kier alpha value is -1.61. The lowest BCUT2D eigenvalue weighted by Crippen LogP contribution is -2.26. The predicted octanol–water partition coefficient (Wildman–Crippen LogP) is 1.81. The number of carbonyl (C=O) groups is 1. The summed E-state index contributed by atoms with van der Waals surface area (Å²) in [5.74, 6) is -0.357. The van der Waals surface area contributed by atoms with Crippen LogP contribution in [0.5, 0.6) is 0 Å². The Balaban J connectivity index is 2.10. The number of thiazole rings is 1. The van der Waals surface area contributed by atoms with Crippen molar-refractivity contribution in [3.63, 3.8) is 0 Å². The summed E-state index contributed by atoms with van der Waals surface area (Å²) in [6, 6.07) is 2.62. The van der Waals surface area contributed by atoms with Crippen LogP contribution < -0.4 is 4.90 Å². The van der Waals surface area contributed by atoms with Gasteiger partial charge in [0.05, 0.1) is 25.8 Å². The monoisotopic (exact) mass is 251 g/mol. The number of esters is 1. The van der Waals surface area contributed by atoms with Gasteiger partial charge in [-0.3, -0.25) is 0 Å². The molecule has 0 aromatic carbocycles. The molecule has 0 unspecified atom stereocenters. The average molecular weight is 251 g/mol. The number of ether oxygens (including phenoxy) is 1. The van der Waals surface area contributed by atoms with Crippen molar-refractivity contribution in [3.05, 3.63) is 11.1 Å². The fourth-order valence-electron chi connectivity index (χ4n) is 1.58. The SMILES string of the molecule is COC(=O)c1cnc(N(CCC#N)C2CC2)s1. The molecule has 0 atom stereocenters. The minimum absolute atomic E-state index is 0.357. The van der Waals surface area contributed by atoms with E-state index < -0.39 is 0 Å². The van der Waals surface area contributed by atoms with Gasteiger partial charge in [0.15, 0.2) is 5.13 Å². The van der Waals surface area contributed by atoms with E-state index in [0.717, 1.165) is 18.0 Å². The van der Waals surface area contributed by atoms with Crippen LogP contribution in [0.15, 0.2) is 6.20 Å². The van der Waals surface area contributed by atoms with Crippen molar-refractivity contribution in [1.82, 2.24) is 4.98 Å². The van der Waals surface area contributed by atoms with Crippen molar-refractivity contribution < 1.29 is 9.53 Å². The highest BCUT2D eigenvalue weighted by Crippen LogP contribution is 2.34. The van der Waals surface area contributed by atoms with E-state index in [-0.39, 0.29) is 5.97 Å². The molecule has 0 aliphatic heterocycles. The Morgan fingerprint density at radius 2 is 2.53 bits per heavy atom. The number of rotatable bonds is 5. The summed E-state index contributed by atoms with van der Waals surface area (Å²) in [7, 11) is 1.36. The normalized spacial score (nSPS) is 14.1. The minimum Gasteiger partial charge on any atom is -0.465 e. The Morgan fingerprint density at radius 1 is 1.76 bits per heavy atom. The summed E-state index contributed by atoms with van der Waals surface area (Å²) in [6.45, 7) is 0.676. The summed E-state index contributed by atoms with van der Waals surface area (Å²) < 4.78 is 4.65. The molecule has 17 heavy (non-hydrogen) atoms. The highest BCUT2D eigenvalue weighted by Gasteiger charge is 2.31. The van der Waals surface area contributed by atoms with Crippen LogP contribution in [-0.2, 0) is 4.74 Å². The Morgan fingerprint density at radius 3 is 3.12 bits per heavy atom. The van der Waals surface area contributed by atoms with Gasteiger partial charge in [-0.15, -0.1) is 0 Å². The van der Waals surface area contributed by atoms with Gasteiger partial charge < -0.3 is 9.64 Å². The van der Waals surface area contributed by atoms with Crippen molar-refractivity contribution in [3.8, 4) is 6.07 Å². The van der Waals surface area contributed by atoms with E-state index in [9.17, 15) is 4.79 Å². The third-order valence-electron chi connectivity index (χ3n) is 2.58. The van der Waals surface area contributed by atoms with Crippen LogP contribution in [0.3, 0.4) is 0 Å². The molecule has 1 aromatic heterocycles. The van der Waals surface area contributed by atoms with Crippen LogP contribution in [0, 0.1) is 11.3 Å². The molecule has 0 saturated heterocycles. The molecule has 6 heteroatoms. The first-order chi connectivity index (χ1) is 8.26. The lowest BCUT2D eigenvalue weighted by Gasteiger charge is -2.19. The molecule has 1 aliphatic rings. The van der Waals surface area contributed by atoms with Crippen molar-refractivity contribution in [2.75, 3.05) is 18.6 Å². The van der Waals surface area contributed by atoms with Crippen LogP contribution >= 0.6 is 11.3 Å². The maximum absolute atomic E-state index is 11.3. The number of nitrogens with zero attached hydrogens (tertiary/aromatic N) is 3. The molecule has 1 fully saturated rings. The van der Waals surface area contributed by atoms with E-state index in [1.807, 2.05) is 0 Å². The van der Waals surface area contributed by atoms with E-state index in [4.69, 9.17) is 5.26 Å². The summed E-state index contributed by atoms with van der Waals surface area (Å²) in [5, 5.41) is 9.44. The summed E-state index contributed by atoms with van der Waals surface area (Å²) in [5.41, 5.74) is 0. The van der Waals surface area contributed by atoms with E-state index in [2.05, 4.69) is 20.7 Å². The molecule has 1 aromatic rings. The second-order valence-electron chi connectivity index (χ2n) is 3.83. The van der Waals surface area contributed by atoms with Crippen LogP contribution in [0.2, 0.25) is 0 Å². The van der Waals surface area contributed by atoms with Gasteiger partial charge in [-0.2, -0.15) is 5.26 Å². The highest BCUT2D eigenvalue weighted by atomic mass is 32.1. The molecule has 0 N–H and O–H groups in total. The Bertz CT molecular complexity index is 448. The molecular formula is C11H13N3O2S. The van der Waals surface area contributed by atoms with E-state index in [0.29, 0.717) is 23.9 Å². The molecule has 1 heterocycles. The number of anilines is 1. The molecule has 2 rings (SSSR count). The molecule has 1 saturated carbocycles. The Kier molecular flexibility index (Phi) is 3.59. The van der Waals surface area contributed by atoms with Crippen molar-refractivity contribution in [1.29, 1.82) is 5.26 Å². The number of hydrogen-bond donors (Lipinski definition) is 0. The topological polar surface area (TPSA) is 66.2 Å².